The van der Waals surface area contributed by atoms with Crippen LogP contribution in [0.5, 0.6) is 5.75 Å². The topological polar surface area (TPSA) is 467 Å². The van der Waals surface area contributed by atoms with Crippen LogP contribution in [0.25, 0.3) is 68.1 Å². The van der Waals surface area contributed by atoms with E-state index in [0.717, 1.165) is 61.7 Å². The van der Waals surface area contributed by atoms with Crippen LogP contribution in [0.1, 0.15) is 78.9 Å². The number of nitrogens with one attached hydrogen (secondary N) is 9. The van der Waals surface area contributed by atoms with Crippen molar-refractivity contribution in [3.05, 3.63) is 289 Å². The smallest absolute Gasteiger partial charge is 0.285 e. The van der Waals surface area contributed by atoms with Crippen molar-refractivity contribution < 1.29 is 23.9 Å². The standard InChI is InChI=1S/C22H22ClN5O2.2C13H12N4OS.C13H13N3O2S.C12H10N4OS.C9H7NOS.C3H5N3O/c1-14-4-6-16(7-5-14)21-25-19-13-20(29)27-28(19)22(26-21)24-10-3-11-30-17-8-9-18(23)15(2)12-17;2*1-8-3-5-9(6-4-8)12-14-10-7-11(18)16-17(10)13(15-12)19-2;1-9-2-4-10(5-3-9)12(18)16-13(19)15-8-11(17)6-7-14;1-7-2-4-8(5-3-7)11-13-9-6-10(17)15-16(9)12(18)14-11;1-7-2-4-8(5-3-7)9(11)10-6-12;4-2-1-3(7)6-5/h4-9,12-13H,3,10-11H2,1-2H3,(H,27,29)(H,24,25,26);2*3-7H,1-2H3,(H,16,18);2-5H,6,8H2,1H3,(H2,15,16,18,19);2-6H,1H3,(H,15,17)(H,13,14,18);2-5H,1H3;1,5H2,(H,6,7). The first-order chi connectivity index (χ1) is 59.5. The number of nitriles is 2. The largest absolute Gasteiger partial charge is 0.494 e. The highest BCUT2D eigenvalue weighted by Gasteiger charge is 2.16. The molecule has 0 saturated heterocycles. The zero-order valence-electron chi connectivity index (χ0n) is 68.1. The number of H-pyrrole nitrogens is 5. The number of rotatable bonds is 18. The van der Waals surface area contributed by atoms with Gasteiger partial charge in [-0.25, -0.2) is 53.8 Å². The molecule has 15 rings (SSSR count). The number of isothiocyanates is 1. The van der Waals surface area contributed by atoms with E-state index in [1.165, 1.54) is 69.0 Å². The van der Waals surface area contributed by atoms with Crippen molar-refractivity contribution in [2.45, 2.75) is 78.0 Å². The summed E-state index contributed by atoms with van der Waals surface area (Å²) in [4.78, 5) is 127. The summed E-state index contributed by atoms with van der Waals surface area (Å²) in [6, 6.07) is 60.9. The molecule has 0 bridgehead atoms. The molecule has 3 amide bonds. The number of aromatic amines is 5. The Kier molecular flexibility index (Phi) is 34.6. The fourth-order valence-electron chi connectivity index (χ4n) is 10.7. The molecule has 39 heteroatoms. The summed E-state index contributed by atoms with van der Waals surface area (Å²) >= 11 is 23.3. The van der Waals surface area contributed by atoms with Crippen molar-refractivity contribution in [1.29, 1.82) is 10.5 Å². The fourth-order valence-corrected chi connectivity index (χ4v) is 12.3. The molecule has 15 aromatic rings. The van der Waals surface area contributed by atoms with Crippen molar-refractivity contribution in [3.8, 4) is 63.4 Å². The third-order valence-electron chi connectivity index (χ3n) is 17.1. The van der Waals surface area contributed by atoms with Crippen LogP contribution in [0.2, 0.25) is 5.02 Å². The lowest BCUT2D eigenvalue weighted by Gasteiger charge is -2.11. The van der Waals surface area contributed by atoms with Gasteiger partial charge >= 0.3 is 0 Å². The first-order valence-corrected chi connectivity index (χ1v) is 41.4. The first kappa shape index (κ1) is 93.5. The first-order valence-electron chi connectivity index (χ1n) is 37.3. The van der Waals surface area contributed by atoms with Gasteiger partial charge in [0.05, 0.1) is 36.9 Å². The van der Waals surface area contributed by atoms with Crippen molar-refractivity contribution in [2.24, 2.45) is 10.8 Å². The summed E-state index contributed by atoms with van der Waals surface area (Å²) in [5, 5.41) is 39.3. The van der Waals surface area contributed by atoms with Gasteiger partial charge in [0.25, 0.3) is 34.1 Å². The number of thioether (sulfide) groups is 2. The number of aliphatic imine (C=N–C) groups is 1. The highest BCUT2D eigenvalue weighted by atomic mass is 35.5. The van der Waals surface area contributed by atoms with Crippen molar-refractivity contribution in [2.75, 3.05) is 37.5 Å². The summed E-state index contributed by atoms with van der Waals surface area (Å²) in [6.45, 7) is 15.0. The van der Waals surface area contributed by atoms with Crippen LogP contribution in [0.3, 0.4) is 0 Å². The molecule has 0 radical (unpaired) electrons. The number of aromatic nitrogens is 16. The number of ether oxygens (including phenoxy) is 1. The molecule has 33 nitrogen and oxygen atoms in total. The number of carbonyl (C=O) groups excluding carboxylic acids is 4. The summed E-state index contributed by atoms with van der Waals surface area (Å²) in [6.07, 6.45) is 4.23. The average molecular weight is 1780 g/mol. The van der Waals surface area contributed by atoms with Crippen LogP contribution in [-0.4, -0.2) is 144 Å². The van der Waals surface area contributed by atoms with Crippen LogP contribution >= 0.6 is 71.8 Å². The number of amides is 3. The van der Waals surface area contributed by atoms with Gasteiger partial charge in [-0.1, -0.05) is 190 Å². The van der Waals surface area contributed by atoms with E-state index in [1.54, 1.807) is 55.4 Å². The highest BCUT2D eigenvalue weighted by Crippen LogP contribution is 2.25. The summed E-state index contributed by atoms with van der Waals surface area (Å²) in [5.41, 5.74) is 15.9. The Hall–Kier alpha value is -14.3. The molecule has 0 fully saturated rings. The number of Topliss-reactive ketones (excluding diaryl/α,β-unsaturated/α-hetero) is 1. The minimum Gasteiger partial charge on any atom is -0.494 e. The maximum Gasteiger partial charge on any atom is 0.285 e. The van der Waals surface area contributed by atoms with E-state index in [0.29, 0.717) is 91.2 Å². The van der Waals surface area contributed by atoms with Crippen LogP contribution < -0.4 is 54.2 Å². The van der Waals surface area contributed by atoms with Crippen LogP contribution in [0.4, 0.5) is 5.95 Å². The van der Waals surface area contributed by atoms with E-state index in [4.69, 9.17) is 51.3 Å². The predicted molar refractivity (Wildman–Crippen MR) is 488 cm³/mol. The van der Waals surface area contributed by atoms with E-state index in [9.17, 15) is 38.4 Å². The lowest BCUT2D eigenvalue weighted by atomic mass is 10.1. The molecule has 0 unspecified atom stereocenters. The summed E-state index contributed by atoms with van der Waals surface area (Å²) < 4.78 is 12.3. The molecule has 0 atom stereocenters. The van der Waals surface area contributed by atoms with Gasteiger partial charge in [-0.05, 0) is 152 Å². The second kappa shape index (κ2) is 45.9. The molecule has 7 aromatic carbocycles. The number of benzene rings is 7. The number of fused-ring (bicyclic) bond motifs is 4. The number of hydrogen-bond donors (Lipinski definition) is 10. The number of hydrogen-bond acceptors (Lipinski definition) is 25. The Labute approximate surface area is 737 Å². The Morgan fingerprint density at radius 1 is 0.540 bits per heavy atom. The number of halogens is 1. The Morgan fingerprint density at radius 3 is 1.41 bits per heavy atom. The molecule has 8 aromatic heterocycles. The number of nitrogens with zero attached hydrogens (tertiary/aromatic N) is 14. The normalized spacial score (nSPS) is 10.3. The second-order valence-corrected chi connectivity index (χ2v) is 29.7. The van der Waals surface area contributed by atoms with Crippen molar-refractivity contribution in [1.82, 2.24) is 94.4 Å². The highest BCUT2D eigenvalue weighted by molar-refractivity contribution is 7.98. The van der Waals surface area contributed by atoms with Gasteiger partial charge in [0.2, 0.25) is 16.6 Å². The third-order valence-corrected chi connectivity index (χ3v) is 19.4. The van der Waals surface area contributed by atoms with Crippen LogP contribution in [0, 0.1) is 75.9 Å². The molecule has 0 spiro atoms. The molecular weight excluding hydrogens is 1700 g/mol. The fraction of sp³-hybridized carbons (Fsp3) is 0.176. The number of nitrogens with two attached hydrogens (primary N) is 1. The number of thiocarbonyl (C=S) groups is 2. The molecule has 11 N–H and O–H groups in total. The lowest BCUT2D eigenvalue weighted by Crippen LogP contribution is -2.41. The van der Waals surface area contributed by atoms with Gasteiger partial charge in [-0.2, -0.15) is 20.5 Å². The van der Waals surface area contributed by atoms with Crippen molar-refractivity contribution in [3.63, 3.8) is 0 Å². The zero-order valence-corrected chi connectivity index (χ0v) is 72.9. The Bertz CT molecular complexity index is 6630. The third kappa shape index (κ3) is 27.6. The van der Waals surface area contributed by atoms with E-state index in [1.807, 2.05) is 206 Å². The SMILES string of the molecule is CSc1nc(-c2ccc(C)cc2)nc2cc(=O)[nH]n12.CSc1nc(-c2ccc(C)cc2)nc2cc(=O)[nH]n12.Cc1ccc(-c2nc(=S)n3[nH]c(=O)cc3[nH]2)cc1.Cc1ccc(-c2nc(NCCCOc3ccc(Cl)c(C)c3)n3[nH]c(=O)cc3n2)cc1.Cc1ccc(C(=O)N=C=S)cc1.Cc1ccc(C(=O)NC(=S)NCC(=O)CC#N)cc1.N#CCC(=O)NN. The molecule has 0 saturated carbocycles. The van der Waals surface area contributed by atoms with Gasteiger partial charge < -0.3 is 20.4 Å². The van der Waals surface area contributed by atoms with Gasteiger partial charge in [0.15, 0.2) is 55.6 Å². The predicted octanol–water partition coefficient (Wildman–Crippen LogP) is 12.7. The maximum atomic E-state index is 11.8. The van der Waals surface area contributed by atoms with Gasteiger partial charge in [0, 0.05) is 69.2 Å². The maximum absolute atomic E-state index is 11.8. The number of hydrazine groups is 1. The average Bonchev–Trinajstić information content (AvgIpc) is 1.65. The summed E-state index contributed by atoms with van der Waals surface area (Å²) in [7, 11) is 0. The van der Waals surface area contributed by atoms with E-state index in [-0.39, 0.29) is 64.3 Å². The molecule has 632 valence electrons. The molecule has 8 heterocycles. The van der Waals surface area contributed by atoms with Crippen molar-refractivity contribution >= 4 is 134 Å². The van der Waals surface area contributed by atoms with Crippen LogP contribution in [-0.2, 0) is 9.59 Å². The summed E-state index contributed by atoms with van der Waals surface area (Å²) in [5.74, 6) is 6.97. The monoisotopic (exact) mass is 1780 g/mol. The quantitative estimate of drug-likeness (QED) is 0.00725. The zero-order chi connectivity index (χ0) is 89.5. The lowest BCUT2D eigenvalue weighted by molar-refractivity contribution is -0.120. The van der Waals surface area contributed by atoms with E-state index < -0.39 is 5.91 Å². The van der Waals surface area contributed by atoms with E-state index in [2.05, 4.69) is 99.3 Å². The van der Waals surface area contributed by atoms with Crippen LogP contribution in [0.15, 0.2) is 223 Å². The number of aryl methyl sites for hydroxylation is 7. The minimum absolute atomic E-state index is 0.0665. The molecule has 0 aliphatic carbocycles. The molecule has 0 aliphatic rings. The Balaban J connectivity index is 0.000000169. The number of anilines is 1. The number of ketones is 1. The van der Waals surface area contributed by atoms with Gasteiger partial charge in [0.1, 0.15) is 23.6 Å². The molecular formula is C85H81ClN24O9S5. The van der Waals surface area contributed by atoms with E-state index >= 15 is 0 Å². The number of carbonyl (C=O) groups is 4. The second-order valence-electron chi connectivity index (χ2n) is 26.7. The van der Waals surface area contributed by atoms with Gasteiger partial charge in [-0.3, -0.25) is 69.5 Å². The van der Waals surface area contributed by atoms with Gasteiger partial charge in [-0.15, -0.1) is 0 Å². The molecule has 124 heavy (non-hydrogen) atoms. The molecule has 0 aliphatic heterocycles. The minimum atomic E-state index is -0.456. The Morgan fingerprint density at radius 2 is 0.968 bits per heavy atom.